The van der Waals surface area contributed by atoms with E-state index in [0.29, 0.717) is 0 Å². The summed E-state index contributed by atoms with van der Waals surface area (Å²) in [6, 6.07) is 54.0. The van der Waals surface area contributed by atoms with E-state index in [1.165, 1.54) is 61.0 Å². The minimum absolute atomic E-state index is 0.179. The monoisotopic (exact) mass is 634 g/mol. The predicted octanol–water partition coefficient (Wildman–Crippen LogP) is 13.3. The third-order valence-corrected chi connectivity index (χ3v) is 10.3. The molecule has 7 aromatic carbocycles. The van der Waals surface area contributed by atoms with Gasteiger partial charge >= 0.3 is 0 Å². The fourth-order valence-electron chi connectivity index (χ4n) is 7.58. The zero-order valence-electron chi connectivity index (χ0n) is 29.3. The van der Waals surface area contributed by atoms with Gasteiger partial charge in [-0.3, -0.25) is 0 Å². The largest absolute Gasteiger partial charge is 0.310 e. The van der Waals surface area contributed by atoms with Crippen LogP contribution in [0, 0.1) is 27.7 Å². The summed E-state index contributed by atoms with van der Waals surface area (Å²) in [4.78, 5) is 4.75. The molecule has 0 spiro atoms. The molecule has 0 aromatic heterocycles. The highest BCUT2D eigenvalue weighted by Crippen LogP contribution is 2.53. The smallest absolute Gasteiger partial charge is 0.0468 e. The summed E-state index contributed by atoms with van der Waals surface area (Å²) in [5.41, 5.74) is 17.2. The quantitative estimate of drug-likeness (QED) is 0.180. The molecule has 0 fully saturated rings. The van der Waals surface area contributed by atoms with Crippen LogP contribution in [0.15, 0.2) is 146 Å². The molecular weight excluding hydrogens is 593 g/mol. The van der Waals surface area contributed by atoms with E-state index in [-0.39, 0.29) is 5.41 Å². The summed E-state index contributed by atoms with van der Waals surface area (Å²) in [5.74, 6) is 0. The molecule has 0 atom stereocenters. The lowest BCUT2D eigenvalue weighted by molar-refractivity contribution is 0.666. The van der Waals surface area contributed by atoms with E-state index in [9.17, 15) is 0 Å². The summed E-state index contributed by atoms with van der Waals surface area (Å²) in [5, 5.41) is 2.56. The van der Waals surface area contributed by atoms with Crippen LogP contribution in [0.3, 0.4) is 0 Å². The molecule has 0 heterocycles. The number of fused-ring (bicyclic) bond motifs is 5. The van der Waals surface area contributed by atoms with Gasteiger partial charge in [0.25, 0.3) is 0 Å². The van der Waals surface area contributed by atoms with E-state index in [1.54, 1.807) is 0 Å². The zero-order valence-corrected chi connectivity index (χ0v) is 29.3. The van der Waals surface area contributed by atoms with Gasteiger partial charge in [0.15, 0.2) is 0 Å². The molecule has 0 radical (unpaired) electrons. The molecule has 0 unspecified atom stereocenters. The molecule has 0 saturated heterocycles. The van der Waals surface area contributed by atoms with Gasteiger partial charge in [0.2, 0.25) is 0 Å². The van der Waals surface area contributed by atoms with Gasteiger partial charge in [0.05, 0.1) is 0 Å². The van der Waals surface area contributed by atoms with Crippen molar-refractivity contribution in [2.75, 3.05) is 9.80 Å². The van der Waals surface area contributed by atoms with Crippen molar-refractivity contribution in [2.24, 2.45) is 0 Å². The van der Waals surface area contributed by atoms with Gasteiger partial charge < -0.3 is 9.80 Å². The highest BCUT2D eigenvalue weighted by Gasteiger charge is 2.37. The van der Waals surface area contributed by atoms with E-state index < -0.39 is 0 Å². The number of aryl methyl sites for hydroxylation is 4. The van der Waals surface area contributed by atoms with Crippen molar-refractivity contribution in [3.05, 3.63) is 179 Å². The lowest BCUT2D eigenvalue weighted by atomic mass is 9.80. The Kier molecular flexibility index (Phi) is 7.41. The van der Waals surface area contributed by atoms with Crippen LogP contribution in [0.2, 0.25) is 0 Å². The number of rotatable bonds is 6. The van der Waals surface area contributed by atoms with Crippen molar-refractivity contribution in [1.82, 2.24) is 0 Å². The number of anilines is 6. The molecule has 240 valence electrons. The van der Waals surface area contributed by atoms with Crippen LogP contribution >= 0.6 is 0 Å². The van der Waals surface area contributed by atoms with Crippen molar-refractivity contribution in [2.45, 2.75) is 47.0 Å². The maximum absolute atomic E-state index is 2.42. The summed E-state index contributed by atoms with van der Waals surface area (Å²) in [6.45, 7) is 13.4. The van der Waals surface area contributed by atoms with Crippen LogP contribution in [-0.4, -0.2) is 0 Å². The van der Waals surface area contributed by atoms with Gasteiger partial charge in [0, 0.05) is 39.5 Å². The number of hydrogen-bond acceptors (Lipinski definition) is 2. The maximum Gasteiger partial charge on any atom is 0.0468 e. The van der Waals surface area contributed by atoms with Gasteiger partial charge in [0.1, 0.15) is 0 Å². The van der Waals surface area contributed by atoms with Crippen molar-refractivity contribution in [1.29, 1.82) is 0 Å². The molecule has 0 N–H and O–H groups in total. The van der Waals surface area contributed by atoms with Crippen molar-refractivity contribution >= 4 is 44.9 Å². The Balaban J connectivity index is 1.23. The van der Waals surface area contributed by atoms with Gasteiger partial charge in [-0.25, -0.2) is 0 Å². The second-order valence-electron chi connectivity index (χ2n) is 14.3. The molecule has 2 nitrogen and oxygen atoms in total. The molecule has 8 rings (SSSR count). The van der Waals surface area contributed by atoms with E-state index in [1.807, 2.05) is 0 Å². The van der Waals surface area contributed by atoms with Crippen LogP contribution in [-0.2, 0) is 5.41 Å². The Morgan fingerprint density at radius 2 is 0.735 bits per heavy atom. The summed E-state index contributed by atoms with van der Waals surface area (Å²) in [6.07, 6.45) is 0. The lowest BCUT2D eigenvalue weighted by Gasteiger charge is -2.29. The van der Waals surface area contributed by atoms with Crippen LogP contribution in [0.5, 0.6) is 0 Å². The molecule has 0 saturated carbocycles. The first-order valence-corrected chi connectivity index (χ1v) is 17.3. The average Bonchev–Trinajstić information content (AvgIpc) is 3.34. The van der Waals surface area contributed by atoms with Gasteiger partial charge in [-0.2, -0.15) is 0 Å². The SMILES string of the molecule is Cc1ccc(N(c2ccc(C)cc2)c2ccc3c(c2)C(C)(C)c2c-3ccc3cc(N(c4ccc(C)cc4)c4ccc(C)cc4)ccc23)cc1. The Morgan fingerprint density at radius 1 is 0.367 bits per heavy atom. The van der Waals surface area contributed by atoms with Gasteiger partial charge in [-0.05, 0) is 134 Å². The standard InChI is InChI=1S/C47H42N2/c1-31-7-16-36(17-8-31)48(37-18-9-32(2)10-19-37)40-24-27-42-35(29-40)15-26-44-43-28-25-41(30-45(43)47(5,6)46(42)44)49(38-20-11-33(3)12-21-38)39-22-13-34(4)14-23-39/h7-30H,1-6H3. The summed E-state index contributed by atoms with van der Waals surface area (Å²) in [7, 11) is 0. The molecule has 1 aliphatic carbocycles. The predicted molar refractivity (Wildman–Crippen MR) is 210 cm³/mol. The zero-order chi connectivity index (χ0) is 33.9. The minimum atomic E-state index is -0.179. The Labute approximate surface area is 290 Å². The Morgan fingerprint density at radius 3 is 1.18 bits per heavy atom. The normalized spacial score (nSPS) is 12.9. The van der Waals surface area contributed by atoms with E-state index in [2.05, 4.69) is 197 Å². The summed E-state index contributed by atoms with van der Waals surface area (Å²) < 4.78 is 0. The fraction of sp³-hybridized carbons (Fsp3) is 0.149. The maximum atomic E-state index is 2.42. The lowest BCUT2D eigenvalue weighted by Crippen LogP contribution is -2.17. The molecular formula is C47H42N2. The topological polar surface area (TPSA) is 6.48 Å². The highest BCUT2D eigenvalue weighted by atomic mass is 15.1. The van der Waals surface area contributed by atoms with E-state index >= 15 is 0 Å². The Hall–Kier alpha value is -5.60. The molecule has 0 aliphatic heterocycles. The molecule has 1 aliphatic rings. The first kappa shape index (κ1) is 30.7. The fourth-order valence-corrected chi connectivity index (χ4v) is 7.58. The third-order valence-electron chi connectivity index (χ3n) is 10.3. The molecule has 49 heavy (non-hydrogen) atoms. The minimum Gasteiger partial charge on any atom is -0.310 e. The average molecular weight is 635 g/mol. The molecule has 0 amide bonds. The number of benzene rings is 7. The first-order chi connectivity index (χ1) is 23.7. The van der Waals surface area contributed by atoms with Crippen LogP contribution in [0.25, 0.3) is 21.9 Å². The van der Waals surface area contributed by atoms with Crippen molar-refractivity contribution < 1.29 is 0 Å². The van der Waals surface area contributed by atoms with Gasteiger partial charge in [-0.15, -0.1) is 0 Å². The van der Waals surface area contributed by atoms with Crippen LogP contribution in [0.1, 0.15) is 47.2 Å². The van der Waals surface area contributed by atoms with Crippen LogP contribution in [0.4, 0.5) is 34.1 Å². The first-order valence-electron chi connectivity index (χ1n) is 17.3. The highest BCUT2D eigenvalue weighted by molar-refractivity contribution is 6.00. The molecule has 7 aromatic rings. The van der Waals surface area contributed by atoms with Crippen LogP contribution < -0.4 is 9.80 Å². The second kappa shape index (κ2) is 11.8. The van der Waals surface area contributed by atoms with Gasteiger partial charge in [-0.1, -0.05) is 109 Å². The van der Waals surface area contributed by atoms with E-state index in [0.717, 1.165) is 28.4 Å². The third kappa shape index (κ3) is 5.38. The summed E-state index contributed by atoms with van der Waals surface area (Å²) >= 11 is 0. The van der Waals surface area contributed by atoms with Crippen molar-refractivity contribution in [3.8, 4) is 11.1 Å². The number of hydrogen-bond donors (Lipinski definition) is 0. The van der Waals surface area contributed by atoms with Crippen molar-refractivity contribution in [3.63, 3.8) is 0 Å². The number of nitrogens with zero attached hydrogens (tertiary/aromatic N) is 2. The second-order valence-corrected chi connectivity index (χ2v) is 14.3. The Bertz CT molecular complexity index is 2220. The van der Waals surface area contributed by atoms with E-state index in [4.69, 9.17) is 0 Å². The molecule has 2 heteroatoms. The molecule has 0 bridgehead atoms.